The second-order valence-electron chi connectivity index (χ2n) is 4.64. The zero-order valence-electron chi connectivity index (χ0n) is 11.8. The number of nitrogens with one attached hydrogen (secondary N) is 1. The van der Waals surface area contributed by atoms with E-state index >= 15 is 0 Å². The molecule has 1 aromatic heterocycles. The van der Waals surface area contributed by atoms with Crippen molar-refractivity contribution in [2.24, 2.45) is 0 Å². The van der Waals surface area contributed by atoms with Crippen LogP contribution in [0.25, 0.3) is 11.3 Å². The van der Waals surface area contributed by atoms with Crippen LogP contribution in [-0.4, -0.2) is 12.1 Å². The number of ether oxygens (including phenoxy) is 1. The lowest BCUT2D eigenvalue weighted by atomic mass is 10.1. The van der Waals surface area contributed by atoms with Crippen molar-refractivity contribution < 1.29 is 4.74 Å². The van der Waals surface area contributed by atoms with E-state index in [0.29, 0.717) is 10.8 Å². The molecule has 1 heterocycles. The van der Waals surface area contributed by atoms with Crippen LogP contribution in [0.2, 0.25) is 5.02 Å². The van der Waals surface area contributed by atoms with Gasteiger partial charge < -0.3 is 15.8 Å². The van der Waals surface area contributed by atoms with Crippen LogP contribution >= 0.6 is 22.9 Å². The first kappa shape index (κ1) is 14.7. The zero-order valence-corrected chi connectivity index (χ0v) is 13.4. The van der Waals surface area contributed by atoms with Crippen LogP contribution in [0.5, 0.6) is 5.75 Å². The largest absolute Gasteiger partial charge is 0.495 e. The average molecular weight is 332 g/mol. The van der Waals surface area contributed by atoms with Crippen LogP contribution in [0.1, 0.15) is 0 Å². The molecule has 0 atom stereocenters. The van der Waals surface area contributed by atoms with E-state index in [9.17, 15) is 0 Å². The van der Waals surface area contributed by atoms with E-state index in [1.54, 1.807) is 7.11 Å². The molecule has 3 aromatic rings. The van der Waals surface area contributed by atoms with Gasteiger partial charge in [-0.3, -0.25) is 0 Å². The Morgan fingerprint density at radius 3 is 2.82 bits per heavy atom. The first-order valence-electron chi connectivity index (χ1n) is 6.58. The van der Waals surface area contributed by atoms with Gasteiger partial charge in [0.1, 0.15) is 5.75 Å². The van der Waals surface area contributed by atoms with Crippen LogP contribution in [0, 0.1) is 0 Å². The van der Waals surface area contributed by atoms with Crippen molar-refractivity contribution in [3.8, 4) is 17.0 Å². The molecule has 22 heavy (non-hydrogen) atoms. The molecule has 4 nitrogen and oxygen atoms in total. The molecule has 0 radical (unpaired) electrons. The topological polar surface area (TPSA) is 60.2 Å². The monoisotopic (exact) mass is 331 g/mol. The summed E-state index contributed by atoms with van der Waals surface area (Å²) in [5.41, 5.74) is 9.27. The van der Waals surface area contributed by atoms with Crippen molar-refractivity contribution in [3.05, 3.63) is 52.9 Å². The first-order valence-corrected chi connectivity index (χ1v) is 7.83. The van der Waals surface area contributed by atoms with Gasteiger partial charge in [0.15, 0.2) is 5.13 Å². The fourth-order valence-electron chi connectivity index (χ4n) is 2.03. The minimum absolute atomic E-state index is 0.556. The lowest BCUT2D eigenvalue weighted by molar-refractivity contribution is 0.415. The summed E-state index contributed by atoms with van der Waals surface area (Å²) >= 11 is 7.64. The van der Waals surface area contributed by atoms with Crippen LogP contribution < -0.4 is 15.8 Å². The average Bonchev–Trinajstić information content (AvgIpc) is 2.96. The SMILES string of the molecule is COc1ccc(Nc2nc(-c3cccc(N)c3)cs2)cc1Cl. The molecular weight excluding hydrogens is 318 g/mol. The summed E-state index contributed by atoms with van der Waals surface area (Å²) in [6.45, 7) is 0. The molecule has 0 fully saturated rings. The fraction of sp³-hybridized carbons (Fsp3) is 0.0625. The van der Waals surface area contributed by atoms with Gasteiger partial charge in [-0.25, -0.2) is 4.98 Å². The zero-order chi connectivity index (χ0) is 15.5. The summed E-state index contributed by atoms with van der Waals surface area (Å²) < 4.78 is 5.14. The summed E-state index contributed by atoms with van der Waals surface area (Å²) in [5.74, 6) is 0.645. The maximum atomic E-state index is 6.12. The lowest BCUT2D eigenvalue weighted by Crippen LogP contribution is -1.91. The molecule has 0 unspecified atom stereocenters. The number of hydrogen-bond acceptors (Lipinski definition) is 5. The van der Waals surface area contributed by atoms with Crippen LogP contribution in [0.3, 0.4) is 0 Å². The van der Waals surface area contributed by atoms with Crippen LogP contribution in [0.15, 0.2) is 47.8 Å². The number of thiazole rings is 1. The Kier molecular flexibility index (Phi) is 4.18. The van der Waals surface area contributed by atoms with Crippen LogP contribution in [0.4, 0.5) is 16.5 Å². The number of nitrogens with two attached hydrogens (primary N) is 1. The minimum Gasteiger partial charge on any atom is -0.495 e. The Bertz CT molecular complexity index is 804. The number of rotatable bonds is 4. The fourth-order valence-corrected chi connectivity index (χ4v) is 3.03. The van der Waals surface area contributed by atoms with Gasteiger partial charge in [0.05, 0.1) is 17.8 Å². The Balaban J connectivity index is 1.81. The highest BCUT2D eigenvalue weighted by atomic mass is 35.5. The van der Waals surface area contributed by atoms with Gasteiger partial charge in [0.2, 0.25) is 0 Å². The van der Waals surface area contributed by atoms with Gasteiger partial charge in [-0.05, 0) is 30.3 Å². The van der Waals surface area contributed by atoms with Crippen molar-refractivity contribution in [1.29, 1.82) is 0 Å². The van der Waals surface area contributed by atoms with E-state index in [2.05, 4.69) is 10.3 Å². The molecule has 6 heteroatoms. The van der Waals surface area contributed by atoms with Crippen molar-refractivity contribution in [2.45, 2.75) is 0 Å². The van der Waals surface area contributed by atoms with E-state index < -0.39 is 0 Å². The smallest absolute Gasteiger partial charge is 0.187 e. The molecular formula is C16H14ClN3OS. The highest BCUT2D eigenvalue weighted by Crippen LogP contribution is 2.31. The Morgan fingerprint density at radius 1 is 1.23 bits per heavy atom. The van der Waals surface area contributed by atoms with E-state index in [1.165, 1.54) is 11.3 Å². The van der Waals surface area contributed by atoms with Gasteiger partial charge in [0, 0.05) is 22.3 Å². The molecule has 0 bridgehead atoms. The number of methoxy groups -OCH3 is 1. The van der Waals surface area contributed by atoms with E-state index in [-0.39, 0.29) is 0 Å². The quantitative estimate of drug-likeness (QED) is 0.674. The summed E-state index contributed by atoms with van der Waals surface area (Å²) in [6.07, 6.45) is 0. The van der Waals surface area contributed by atoms with Gasteiger partial charge in [-0.1, -0.05) is 23.7 Å². The van der Waals surface area contributed by atoms with Gasteiger partial charge >= 0.3 is 0 Å². The maximum absolute atomic E-state index is 6.12. The molecule has 112 valence electrons. The van der Waals surface area contributed by atoms with Crippen LogP contribution in [-0.2, 0) is 0 Å². The van der Waals surface area contributed by atoms with E-state index in [4.69, 9.17) is 22.1 Å². The van der Waals surface area contributed by atoms with Crippen molar-refractivity contribution >= 4 is 39.4 Å². The number of hydrogen-bond donors (Lipinski definition) is 2. The first-order chi connectivity index (χ1) is 10.7. The van der Waals surface area contributed by atoms with Crippen molar-refractivity contribution in [2.75, 3.05) is 18.2 Å². The summed E-state index contributed by atoms with van der Waals surface area (Å²) in [5, 5.41) is 6.57. The van der Waals surface area contributed by atoms with Gasteiger partial charge in [-0.2, -0.15) is 0 Å². The van der Waals surface area contributed by atoms with E-state index in [0.717, 1.165) is 27.8 Å². The molecule has 0 saturated heterocycles. The molecule has 0 spiro atoms. The van der Waals surface area contributed by atoms with Gasteiger partial charge in [0.25, 0.3) is 0 Å². The Hall–Kier alpha value is -2.24. The summed E-state index contributed by atoms with van der Waals surface area (Å²) in [7, 11) is 1.59. The standard InChI is InChI=1S/C16H14ClN3OS/c1-21-15-6-5-12(8-13(15)17)19-16-20-14(9-22-16)10-3-2-4-11(18)7-10/h2-9H,18H2,1H3,(H,19,20). The minimum atomic E-state index is 0.556. The molecule has 0 amide bonds. The normalized spacial score (nSPS) is 10.5. The Morgan fingerprint density at radius 2 is 2.09 bits per heavy atom. The van der Waals surface area contributed by atoms with Crippen molar-refractivity contribution in [3.63, 3.8) is 0 Å². The maximum Gasteiger partial charge on any atom is 0.187 e. The molecule has 0 saturated carbocycles. The molecule has 3 rings (SSSR count). The third-order valence-electron chi connectivity index (χ3n) is 3.09. The Labute approximate surface area is 137 Å². The second-order valence-corrected chi connectivity index (χ2v) is 5.90. The molecule has 0 aliphatic rings. The van der Waals surface area contributed by atoms with Crippen molar-refractivity contribution in [1.82, 2.24) is 4.98 Å². The van der Waals surface area contributed by atoms with Gasteiger partial charge in [-0.15, -0.1) is 11.3 Å². The highest BCUT2D eigenvalue weighted by Gasteiger charge is 2.07. The number of aromatic nitrogens is 1. The number of benzene rings is 2. The third-order valence-corrected chi connectivity index (χ3v) is 4.14. The highest BCUT2D eigenvalue weighted by molar-refractivity contribution is 7.14. The molecule has 0 aliphatic carbocycles. The number of anilines is 3. The predicted octanol–water partition coefficient (Wildman–Crippen LogP) is 4.80. The molecule has 0 aliphatic heterocycles. The molecule has 2 aromatic carbocycles. The number of nitrogen functional groups attached to an aromatic ring is 1. The third kappa shape index (κ3) is 3.16. The second kappa shape index (κ2) is 6.25. The number of halogens is 1. The molecule has 3 N–H and O–H groups in total. The lowest BCUT2D eigenvalue weighted by Gasteiger charge is -2.06. The number of nitrogens with zero attached hydrogens (tertiary/aromatic N) is 1. The predicted molar refractivity (Wildman–Crippen MR) is 93.2 cm³/mol. The summed E-state index contributed by atoms with van der Waals surface area (Å²) in [4.78, 5) is 4.57. The van der Waals surface area contributed by atoms with E-state index in [1.807, 2.05) is 47.8 Å². The summed E-state index contributed by atoms with van der Waals surface area (Å²) in [6, 6.07) is 13.2.